The van der Waals surface area contributed by atoms with Crippen LogP contribution in [0.4, 0.5) is 0 Å². The van der Waals surface area contributed by atoms with Gasteiger partial charge in [-0.3, -0.25) is 4.79 Å². The van der Waals surface area contributed by atoms with Crippen LogP contribution < -0.4 is 5.32 Å². The third-order valence-electron chi connectivity index (χ3n) is 3.63. The number of hydrogen-bond donors (Lipinski definition) is 2. The summed E-state index contributed by atoms with van der Waals surface area (Å²) in [5.41, 5.74) is 0. The van der Waals surface area contributed by atoms with Crippen molar-refractivity contribution in [1.29, 1.82) is 0 Å². The molecule has 114 valence electrons. The molecule has 0 aliphatic heterocycles. The van der Waals surface area contributed by atoms with Crippen molar-refractivity contribution in [2.24, 2.45) is 0 Å². The molecule has 0 aromatic carbocycles. The van der Waals surface area contributed by atoms with Crippen LogP contribution in [0, 0.1) is 0 Å². The second-order valence-corrected chi connectivity index (χ2v) is 5.45. The van der Waals surface area contributed by atoms with Crippen molar-refractivity contribution in [3.8, 4) is 0 Å². The van der Waals surface area contributed by atoms with E-state index < -0.39 is 6.10 Å². The number of aliphatic hydroxyl groups is 1. The van der Waals surface area contributed by atoms with Crippen LogP contribution in [-0.2, 0) is 4.79 Å². The van der Waals surface area contributed by atoms with Crippen LogP contribution in [0.3, 0.4) is 0 Å². The van der Waals surface area contributed by atoms with E-state index in [-0.39, 0.29) is 5.91 Å². The maximum atomic E-state index is 11.1. The van der Waals surface area contributed by atoms with Crippen LogP contribution in [-0.4, -0.2) is 24.2 Å². The summed E-state index contributed by atoms with van der Waals surface area (Å²) in [6.45, 7) is 2.25. The molecule has 0 saturated carbocycles. The quantitative estimate of drug-likeness (QED) is 0.501. The summed E-state index contributed by atoms with van der Waals surface area (Å²) in [5, 5.41) is 11.9. The van der Waals surface area contributed by atoms with E-state index in [4.69, 9.17) is 0 Å². The molecule has 0 aliphatic rings. The first-order chi connectivity index (χ1) is 9.22. The van der Waals surface area contributed by atoms with E-state index in [9.17, 15) is 9.90 Å². The molecule has 0 fully saturated rings. The molecule has 0 spiro atoms. The van der Waals surface area contributed by atoms with Gasteiger partial charge in [0.05, 0.1) is 0 Å². The summed E-state index contributed by atoms with van der Waals surface area (Å²) in [4.78, 5) is 11.1. The topological polar surface area (TPSA) is 49.3 Å². The van der Waals surface area contributed by atoms with Gasteiger partial charge in [-0.2, -0.15) is 0 Å². The molecule has 1 atom stereocenters. The van der Waals surface area contributed by atoms with E-state index in [2.05, 4.69) is 12.2 Å². The van der Waals surface area contributed by atoms with Gasteiger partial charge in [-0.15, -0.1) is 0 Å². The molecule has 0 aromatic heterocycles. The summed E-state index contributed by atoms with van der Waals surface area (Å²) in [6, 6.07) is 0. The van der Waals surface area contributed by atoms with Crippen molar-refractivity contribution in [2.45, 2.75) is 90.1 Å². The fourth-order valence-corrected chi connectivity index (χ4v) is 2.30. The first-order valence-electron chi connectivity index (χ1n) is 8.12. The Hall–Kier alpha value is -0.570. The van der Waals surface area contributed by atoms with Gasteiger partial charge < -0.3 is 10.4 Å². The molecular formula is C16H33NO2. The van der Waals surface area contributed by atoms with Gasteiger partial charge in [0.25, 0.3) is 0 Å². The zero-order valence-corrected chi connectivity index (χ0v) is 12.9. The van der Waals surface area contributed by atoms with E-state index in [1.54, 1.807) is 7.05 Å². The van der Waals surface area contributed by atoms with Crippen LogP contribution >= 0.6 is 0 Å². The Balaban J connectivity index is 3.12. The van der Waals surface area contributed by atoms with Gasteiger partial charge in [-0.05, 0) is 6.42 Å². The van der Waals surface area contributed by atoms with Gasteiger partial charge in [0.15, 0.2) is 0 Å². The Morgan fingerprint density at radius 3 is 1.74 bits per heavy atom. The predicted molar refractivity (Wildman–Crippen MR) is 81.2 cm³/mol. The molecule has 3 heteroatoms. The summed E-state index contributed by atoms with van der Waals surface area (Å²) < 4.78 is 0. The SMILES string of the molecule is CCCCCCCCCCCCCC(O)C(=O)NC. The second kappa shape index (κ2) is 13.9. The summed E-state index contributed by atoms with van der Waals surface area (Å²) in [7, 11) is 1.56. The van der Waals surface area contributed by atoms with E-state index in [1.165, 1.54) is 57.8 Å². The van der Waals surface area contributed by atoms with Gasteiger partial charge in [-0.1, -0.05) is 77.6 Å². The highest BCUT2D eigenvalue weighted by Gasteiger charge is 2.11. The third kappa shape index (κ3) is 12.2. The molecule has 3 nitrogen and oxygen atoms in total. The van der Waals surface area contributed by atoms with Gasteiger partial charge >= 0.3 is 0 Å². The first kappa shape index (κ1) is 18.4. The van der Waals surface area contributed by atoms with Crippen LogP contribution in [0.5, 0.6) is 0 Å². The maximum absolute atomic E-state index is 11.1. The molecule has 0 rings (SSSR count). The lowest BCUT2D eigenvalue weighted by molar-refractivity contribution is -0.129. The number of unbranched alkanes of at least 4 members (excludes halogenated alkanes) is 10. The Morgan fingerprint density at radius 1 is 0.895 bits per heavy atom. The maximum Gasteiger partial charge on any atom is 0.248 e. The molecule has 0 aromatic rings. The molecular weight excluding hydrogens is 238 g/mol. The number of hydrogen-bond acceptors (Lipinski definition) is 2. The monoisotopic (exact) mass is 271 g/mol. The highest BCUT2D eigenvalue weighted by atomic mass is 16.3. The summed E-state index contributed by atoms with van der Waals surface area (Å²) in [5.74, 6) is -0.257. The van der Waals surface area contributed by atoms with E-state index in [0.29, 0.717) is 6.42 Å². The molecule has 1 unspecified atom stereocenters. The average molecular weight is 271 g/mol. The molecule has 1 amide bonds. The third-order valence-corrected chi connectivity index (χ3v) is 3.63. The van der Waals surface area contributed by atoms with Crippen LogP contribution in [0.1, 0.15) is 84.0 Å². The fourth-order valence-electron chi connectivity index (χ4n) is 2.30. The Kier molecular flexibility index (Phi) is 13.4. The second-order valence-electron chi connectivity index (χ2n) is 5.45. The molecule has 0 saturated heterocycles. The highest BCUT2D eigenvalue weighted by molar-refractivity contribution is 5.79. The highest BCUT2D eigenvalue weighted by Crippen LogP contribution is 2.12. The number of carbonyl (C=O) groups is 1. The minimum absolute atomic E-state index is 0.257. The van der Waals surface area contributed by atoms with Crippen molar-refractivity contribution in [2.75, 3.05) is 7.05 Å². The van der Waals surface area contributed by atoms with Crippen molar-refractivity contribution >= 4 is 5.91 Å². The van der Waals surface area contributed by atoms with Gasteiger partial charge in [0.1, 0.15) is 6.10 Å². The van der Waals surface area contributed by atoms with E-state index >= 15 is 0 Å². The van der Waals surface area contributed by atoms with Crippen LogP contribution in [0.15, 0.2) is 0 Å². The minimum Gasteiger partial charge on any atom is -0.383 e. The van der Waals surface area contributed by atoms with E-state index in [1.807, 2.05) is 0 Å². The Bertz CT molecular complexity index is 207. The lowest BCUT2D eigenvalue weighted by atomic mass is 10.0. The number of nitrogens with one attached hydrogen (secondary N) is 1. The Morgan fingerprint density at radius 2 is 1.32 bits per heavy atom. The number of likely N-dealkylation sites (N-methyl/N-ethyl adjacent to an activating group) is 1. The summed E-state index contributed by atoms with van der Waals surface area (Å²) in [6.07, 6.45) is 14.0. The Labute approximate surface area is 119 Å². The number of rotatable bonds is 13. The van der Waals surface area contributed by atoms with Crippen molar-refractivity contribution in [3.05, 3.63) is 0 Å². The molecule has 0 radical (unpaired) electrons. The lowest BCUT2D eigenvalue weighted by Gasteiger charge is -2.08. The van der Waals surface area contributed by atoms with Crippen LogP contribution in [0.2, 0.25) is 0 Å². The molecule has 0 bridgehead atoms. The van der Waals surface area contributed by atoms with Crippen molar-refractivity contribution < 1.29 is 9.90 Å². The van der Waals surface area contributed by atoms with E-state index in [0.717, 1.165) is 12.8 Å². The molecule has 0 aliphatic carbocycles. The molecule has 19 heavy (non-hydrogen) atoms. The summed E-state index contributed by atoms with van der Waals surface area (Å²) >= 11 is 0. The zero-order chi connectivity index (χ0) is 14.3. The smallest absolute Gasteiger partial charge is 0.248 e. The largest absolute Gasteiger partial charge is 0.383 e. The van der Waals surface area contributed by atoms with Crippen molar-refractivity contribution in [3.63, 3.8) is 0 Å². The lowest BCUT2D eigenvalue weighted by Crippen LogP contribution is -2.31. The standard InChI is InChI=1S/C16H33NO2/c1-3-4-5-6-7-8-9-10-11-12-13-14-15(18)16(19)17-2/h15,18H,3-14H2,1-2H3,(H,17,19). The first-order valence-corrected chi connectivity index (χ1v) is 8.12. The van der Waals surface area contributed by atoms with Gasteiger partial charge in [0, 0.05) is 7.05 Å². The number of amides is 1. The normalized spacial score (nSPS) is 12.4. The predicted octanol–water partition coefficient (Wildman–Crippen LogP) is 3.79. The fraction of sp³-hybridized carbons (Fsp3) is 0.938. The average Bonchev–Trinajstić information content (AvgIpc) is 2.43. The van der Waals surface area contributed by atoms with Gasteiger partial charge in [-0.25, -0.2) is 0 Å². The minimum atomic E-state index is -0.816. The van der Waals surface area contributed by atoms with Crippen LogP contribution in [0.25, 0.3) is 0 Å². The zero-order valence-electron chi connectivity index (χ0n) is 12.9. The molecule has 0 heterocycles. The number of aliphatic hydroxyl groups excluding tert-OH is 1. The number of carbonyl (C=O) groups excluding carboxylic acids is 1. The van der Waals surface area contributed by atoms with Crippen molar-refractivity contribution in [1.82, 2.24) is 5.32 Å². The molecule has 2 N–H and O–H groups in total. The van der Waals surface area contributed by atoms with Gasteiger partial charge in [0.2, 0.25) is 5.91 Å².